The van der Waals surface area contributed by atoms with Crippen molar-refractivity contribution in [2.24, 2.45) is 0 Å². The Morgan fingerprint density at radius 3 is 2.36 bits per heavy atom. The highest BCUT2D eigenvalue weighted by Gasteiger charge is 2.19. The van der Waals surface area contributed by atoms with E-state index in [1.54, 1.807) is 24.3 Å². The summed E-state index contributed by atoms with van der Waals surface area (Å²) in [6.07, 6.45) is 0.779. The highest BCUT2D eigenvalue weighted by Crippen LogP contribution is 2.25. The standard InChI is InChI=1S/C17H20O4S/c1-2-12-20-14-22(18,19)17-11-7-6-10-16(17)21-13-15-8-4-3-5-9-15/h3-11H,2,12-14H2,1H3. The van der Waals surface area contributed by atoms with Crippen molar-refractivity contribution in [1.82, 2.24) is 0 Å². The van der Waals surface area contributed by atoms with Crippen LogP contribution in [0.3, 0.4) is 0 Å². The van der Waals surface area contributed by atoms with Crippen LogP contribution in [0.1, 0.15) is 18.9 Å². The minimum atomic E-state index is -3.51. The SMILES string of the molecule is CCCOCS(=O)(=O)c1ccccc1OCc1ccccc1. The summed E-state index contributed by atoms with van der Waals surface area (Å²) in [4.78, 5) is 0.169. The van der Waals surface area contributed by atoms with Crippen molar-refractivity contribution < 1.29 is 17.9 Å². The Morgan fingerprint density at radius 2 is 1.64 bits per heavy atom. The molecule has 2 aromatic rings. The summed E-state index contributed by atoms with van der Waals surface area (Å²) in [6.45, 7) is 2.68. The lowest BCUT2D eigenvalue weighted by atomic mass is 10.2. The van der Waals surface area contributed by atoms with E-state index in [2.05, 4.69) is 0 Å². The third-order valence-corrected chi connectivity index (χ3v) is 4.49. The normalized spacial score (nSPS) is 11.3. The Hall–Kier alpha value is -1.85. The second-order valence-electron chi connectivity index (χ2n) is 4.86. The molecule has 0 saturated carbocycles. The zero-order valence-electron chi connectivity index (χ0n) is 12.6. The molecule has 0 aliphatic carbocycles. The highest BCUT2D eigenvalue weighted by molar-refractivity contribution is 7.91. The van der Waals surface area contributed by atoms with Crippen LogP contribution < -0.4 is 4.74 Å². The third kappa shape index (κ3) is 4.58. The van der Waals surface area contributed by atoms with Gasteiger partial charge in [-0.1, -0.05) is 49.4 Å². The summed E-state index contributed by atoms with van der Waals surface area (Å²) < 4.78 is 35.5. The van der Waals surface area contributed by atoms with Crippen molar-refractivity contribution >= 4 is 9.84 Å². The van der Waals surface area contributed by atoms with Crippen LogP contribution in [0.4, 0.5) is 0 Å². The molecule has 0 fully saturated rings. The zero-order chi connectivity index (χ0) is 15.8. The molecule has 0 aromatic heterocycles. The smallest absolute Gasteiger partial charge is 0.205 e. The van der Waals surface area contributed by atoms with Gasteiger partial charge in [-0.15, -0.1) is 0 Å². The molecule has 0 heterocycles. The van der Waals surface area contributed by atoms with Crippen molar-refractivity contribution in [2.75, 3.05) is 12.5 Å². The molecule has 0 aliphatic rings. The lowest BCUT2D eigenvalue weighted by molar-refractivity contribution is 0.177. The fraction of sp³-hybridized carbons (Fsp3) is 0.294. The second-order valence-corrected chi connectivity index (χ2v) is 6.77. The van der Waals surface area contributed by atoms with Crippen LogP contribution in [0.25, 0.3) is 0 Å². The molecule has 0 N–H and O–H groups in total. The molecule has 0 amide bonds. The van der Waals surface area contributed by atoms with Crippen LogP contribution in [0.5, 0.6) is 5.75 Å². The van der Waals surface area contributed by atoms with Gasteiger partial charge in [0.15, 0.2) is 5.94 Å². The van der Waals surface area contributed by atoms with Crippen molar-refractivity contribution in [2.45, 2.75) is 24.8 Å². The van der Waals surface area contributed by atoms with Crippen molar-refractivity contribution in [3.8, 4) is 5.75 Å². The lowest BCUT2D eigenvalue weighted by Gasteiger charge is -2.12. The Bertz CT molecular complexity index is 681. The number of benzene rings is 2. The van der Waals surface area contributed by atoms with Gasteiger partial charge >= 0.3 is 0 Å². The Labute approximate surface area is 131 Å². The van der Waals surface area contributed by atoms with Crippen LogP contribution in [0.15, 0.2) is 59.5 Å². The predicted octanol–water partition coefficient (Wildman–Crippen LogP) is 3.42. The van der Waals surface area contributed by atoms with E-state index in [1.807, 2.05) is 37.3 Å². The minimum absolute atomic E-state index is 0.169. The maximum Gasteiger partial charge on any atom is 0.205 e. The fourth-order valence-electron chi connectivity index (χ4n) is 1.94. The van der Waals surface area contributed by atoms with Crippen molar-refractivity contribution in [1.29, 1.82) is 0 Å². The predicted molar refractivity (Wildman–Crippen MR) is 85.5 cm³/mol. The van der Waals surface area contributed by atoms with Crippen LogP contribution in [0, 0.1) is 0 Å². The maximum absolute atomic E-state index is 12.3. The molecule has 0 radical (unpaired) electrons. The third-order valence-electron chi connectivity index (χ3n) is 3.01. The van der Waals surface area contributed by atoms with Gasteiger partial charge in [-0.3, -0.25) is 0 Å². The first-order chi connectivity index (χ1) is 10.6. The second kappa shape index (κ2) is 7.96. The Morgan fingerprint density at radius 1 is 0.955 bits per heavy atom. The Balaban J connectivity index is 2.12. The molecule has 2 rings (SSSR count). The van der Waals surface area contributed by atoms with Gasteiger partial charge in [-0.2, -0.15) is 0 Å². The summed E-state index contributed by atoms with van der Waals surface area (Å²) in [5, 5.41) is 0. The van der Waals surface area contributed by atoms with Gasteiger partial charge in [0.25, 0.3) is 0 Å². The van der Waals surface area contributed by atoms with Crippen molar-refractivity contribution in [3.05, 3.63) is 60.2 Å². The molecule has 0 spiro atoms. The van der Waals surface area contributed by atoms with Gasteiger partial charge < -0.3 is 9.47 Å². The van der Waals surface area contributed by atoms with Gasteiger partial charge in [0.05, 0.1) is 0 Å². The summed E-state index contributed by atoms with van der Waals surface area (Å²) in [5.41, 5.74) is 0.983. The van der Waals surface area contributed by atoms with E-state index in [-0.39, 0.29) is 10.8 Å². The average molecular weight is 320 g/mol. The van der Waals surface area contributed by atoms with E-state index < -0.39 is 9.84 Å². The molecule has 0 atom stereocenters. The minimum Gasteiger partial charge on any atom is -0.488 e. The summed E-state index contributed by atoms with van der Waals surface area (Å²) >= 11 is 0. The van der Waals surface area contributed by atoms with Gasteiger partial charge in [-0.05, 0) is 24.1 Å². The largest absolute Gasteiger partial charge is 0.488 e. The molecule has 118 valence electrons. The summed E-state index contributed by atoms with van der Waals surface area (Å²) in [6, 6.07) is 16.3. The van der Waals surface area contributed by atoms with E-state index in [4.69, 9.17) is 9.47 Å². The first-order valence-electron chi connectivity index (χ1n) is 7.19. The number of sulfone groups is 1. The molecule has 2 aromatic carbocycles. The number of hydrogen-bond donors (Lipinski definition) is 0. The van der Waals surface area contributed by atoms with E-state index in [9.17, 15) is 8.42 Å². The molecule has 5 heteroatoms. The van der Waals surface area contributed by atoms with Gasteiger partial charge in [0, 0.05) is 6.61 Å². The monoisotopic (exact) mass is 320 g/mol. The average Bonchev–Trinajstić information content (AvgIpc) is 2.54. The first-order valence-corrected chi connectivity index (χ1v) is 8.85. The van der Waals surface area contributed by atoms with E-state index in [0.717, 1.165) is 12.0 Å². The molecule has 22 heavy (non-hydrogen) atoms. The van der Waals surface area contributed by atoms with Crippen molar-refractivity contribution in [3.63, 3.8) is 0 Å². The van der Waals surface area contributed by atoms with Gasteiger partial charge in [0.1, 0.15) is 17.3 Å². The molecule has 0 unspecified atom stereocenters. The van der Waals surface area contributed by atoms with E-state index >= 15 is 0 Å². The lowest BCUT2D eigenvalue weighted by Crippen LogP contribution is -2.12. The van der Waals surface area contributed by atoms with Gasteiger partial charge in [0.2, 0.25) is 9.84 Å². The number of para-hydroxylation sites is 1. The quantitative estimate of drug-likeness (QED) is 0.699. The first kappa shape index (κ1) is 16.5. The van der Waals surface area contributed by atoms with Crippen LogP contribution >= 0.6 is 0 Å². The molecule has 0 bridgehead atoms. The van der Waals surface area contributed by atoms with Crippen LogP contribution in [0.2, 0.25) is 0 Å². The topological polar surface area (TPSA) is 52.6 Å². The Kier molecular flexibility index (Phi) is 5.98. The molecule has 4 nitrogen and oxygen atoms in total. The molecule has 0 saturated heterocycles. The molecular weight excluding hydrogens is 300 g/mol. The number of ether oxygens (including phenoxy) is 2. The van der Waals surface area contributed by atoms with Crippen LogP contribution in [-0.4, -0.2) is 21.0 Å². The number of hydrogen-bond acceptors (Lipinski definition) is 4. The summed E-state index contributed by atoms with van der Waals surface area (Å²) in [7, 11) is -3.51. The maximum atomic E-state index is 12.3. The zero-order valence-corrected chi connectivity index (χ0v) is 13.4. The summed E-state index contributed by atoms with van der Waals surface area (Å²) in [5.74, 6) is 0.0264. The highest BCUT2D eigenvalue weighted by atomic mass is 32.2. The molecular formula is C17H20O4S. The van der Waals surface area contributed by atoms with Gasteiger partial charge in [-0.25, -0.2) is 8.42 Å². The molecule has 0 aliphatic heterocycles. The van der Waals surface area contributed by atoms with E-state index in [0.29, 0.717) is 19.0 Å². The number of rotatable bonds is 8. The fourth-order valence-corrected chi connectivity index (χ4v) is 3.12. The van der Waals surface area contributed by atoms with E-state index in [1.165, 1.54) is 0 Å². The van der Waals surface area contributed by atoms with Crippen LogP contribution in [-0.2, 0) is 21.2 Å².